The minimum absolute atomic E-state index is 0.818. The van der Waals surface area contributed by atoms with Crippen LogP contribution in [0.15, 0.2) is 23.1 Å². The predicted octanol–water partition coefficient (Wildman–Crippen LogP) is 3.49. The van der Waals surface area contributed by atoms with Gasteiger partial charge in [-0.2, -0.15) is 0 Å². The molecule has 90 valence electrons. The van der Waals surface area contributed by atoms with Crippen LogP contribution >= 0.6 is 11.8 Å². The third-order valence-corrected chi connectivity index (χ3v) is 3.58. The fraction of sp³-hybridized carbons (Fsp3) is 0.538. The Kier molecular flexibility index (Phi) is 6.34. The molecule has 0 aliphatic carbocycles. The molecule has 16 heavy (non-hydrogen) atoms. The standard InChI is InChI=1S/C13H21NOS/c1-3-4-8-15-9-10-16-13-7-5-6-12(14)11(13)2/h5-7H,3-4,8-10,14H2,1-2H3. The van der Waals surface area contributed by atoms with Crippen molar-refractivity contribution in [2.24, 2.45) is 0 Å². The summed E-state index contributed by atoms with van der Waals surface area (Å²) >= 11 is 1.81. The van der Waals surface area contributed by atoms with Gasteiger partial charge in [-0.15, -0.1) is 11.8 Å². The van der Waals surface area contributed by atoms with Gasteiger partial charge in [0.2, 0.25) is 0 Å². The fourth-order valence-corrected chi connectivity index (χ4v) is 2.28. The first-order valence-electron chi connectivity index (χ1n) is 5.81. The van der Waals surface area contributed by atoms with E-state index in [0.29, 0.717) is 0 Å². The minimum atomic E-state index is 0.818. The van der Waals surface area contributed by atoms with Crippen molar-refractivity contribution in [2.45, 2.75) is 31.6 Å². The Morgan fingerprint density at radius 2 is 2.12 bits per heavy atom. The molecule has 0 unspecified atom stereocenters. The van der Waals surface area contributed by atoms with Gasteiger partial charge in [-0.3, -0.25) is 0 Å². The third kappa shape index (κ3) is 4.45. The van der Waals surface area contributed by atoms with Crippen molar-refractivity contribution in [1.29, 1.82) is 0 Å². The molecule has 1 rings (SSSR count). The van der Waals surface area contributed by atoms with Crippen molar-refractivity contribution in [2.75, 3.05) is 24.7 Å². The predicted molar refractivity (Wildman–Crippen MR) is 72.0 cm³/mol. The zero-order valence-electron chi connectivity index (χ0n) is 10.2. The number of thioether (sulfide) groups is 1. The van der Waals surface area contributed by atoms with Gasteiger partial charge in [0.05, 0.1) is 6.61 Å². The number of benzene rings is 1. The summed E-state index contributed by atoms with van der Waals surface area (Å²) in [6.07, 6.45) is 2.35. The van der Waals surface area contributed by atoms with E-state index in [0.717, 1.165) is 31.1 Å². The summed E-state index contributed by atoms with van der Waals surface area (Å²) < 4.78 is 5.51. The van der Waals surface area contributed by atoms with Crippen molar-refractivity contribution in [1.82, 2.24) is 0 Å². The molecular weight excluding hydrogens is 218 g/mol. The summed E-state index contributed by atoms with van der Waals surface area (Å²) in [6, 6.07) is 6.06. The van der Waals surface area contributed by atoms with E-state index in [4.69, 9.17) is 10.5 Å². The third-order valence-electron chi connectivity index (χ3n) is 2.45. The van der Waals surface area contributed by atoms with Gasteiger partial charge in [0.15, 0.2) is 0 Å². The van der Waals surface area contributed by atoms with Crippen molar-refractivity contribution >= 4 is 17.4 Å². The highest BCUT2D eigenvalue weighted by Crippen LogP contribution is 2.25. The molecule has 2 N–H and O–H groups in total. The molecule has 0 heterocycles. The van der Waals surface area contributed by atoms with Crippen LogP contribution in [0, 0.1) is 6.92 Å². The van der Waals surface area contributed by atoms with Crippen LogP contribution in [-0.4, -0.2) is 19.0 Å². The van der Waals surface area contributed by atoms with Gasteiger partial charge >= 0.3 is 0 Å². The summed E-state index contributed by atoms with van der Waals surface area (Å²) in [5.41, 5.74) is 7.90. The van der Waals surface area contributed by atoms with Crippen LogP contribution in [0.5, 0.6) is 0 Å². The molecule has 0 amide bonds. The van der Waals surface area contributed by atoms with Gasteiger partial charge in [0.1, 0.15) is 0 Å². The van der Waals surface area contributed by atoms with E-state index in [1.54, 1.807) is 0 Å². The summed E-state index contributed by atoms with van der Waals surface area (Å²) in [5, 5.41) is 0. The molecule has 2 nitrogen and oxygen atoms in total. The molecule has 0 aromatic heterocycles. The maximum Gasteiger partial charge on any atom is 0.0560 e. The fourth-order valence-electron chi connectivity index (χ4n) is 1.35. The maximum absolute atomic E-state index is 5.85. The molecule has 0 atom stereocenters. The second kappa shape index (κ2) is 7.58. The number of nitrogen functional groups attached to an aromatic ring is 1. The van der Waals surface area contributed by atoms with E-state index >= 15 is 0 Å². The first kappa shape index (κ1) is 13.4. The molecule has 0 aliphatic rings. The number of hydrogen-bond donors (Lipinski definition) is 1. The van der Waals surface area contributed by atoms with Gasteiger partial charge < -0.3 is 10.5 Å². The highest BCUT2D eigenvalue weighted by atomic mass is 32.2. The van der Waals surface area contributed by atoms with E-state index in [1.807, 2.05) is 23.9 Å². The van der Waals surface area contributed by atoms with Crippen LogP contribution in [0.2, 0.25) is 0 Å². The quantitative estimate of drug-likeness (QED) is 0.449. The Labute approximate surface area is 103 Å². The van der Waals surface area contributed by atoms with E-state index in [9.17, 15) is 0 Å². The SMILES string of the molecule is CCCCOCCSc1cccc(N)c1C. The highest BCUT2D eigenvalue weighted by Gasteiger charge is 2.01. The van der Waals surface area contributed by atoms with Gasteiger partial charge in [-0.25, -0.2) is 0 Å². The number of anilines is 1. The monoisotopic (exact) mass is 239 g/mol. The summed E-state index contributed by atoms with van der Waals surface area (Å²) in [5.74, 6) is 0.994. The Bertz CT molecular complexity index is 315. The Morgan fingerprint density at radius 3 is 2.88 bits per heavy atom. The number of rotatable bonds is 7. The topological polar surface area (TPSA) is 35.2 Å². The Hall–Kier alpha value is -0.670. The van der Waals surface area contributed by atoms with E-state index in [2.05, 4.69) is 19.9 Å². The van der Waals surface area contributed by atoms with Crippen LogP contribution in [0.3, 0.4) is 0 Å². The molecule has 3 heteroatoms. The molecule has 0 fully saturated rings. The molecule has 0 radical (unpaired) electrons. The van der Waals surface area contributed by atoms with E-state index in [-0.39, 0.29) is 0 Å². The van der Waals surface area contributed by atoms with Gasteiger partial charge in [-0.1, -0.05) is 19.4 Å². The first-order valence-corrected chi connectivity index (χ1v) is 6.80. The van der Waals surface area contributed by atoms with Crippen molar-refractivity contribution in [3.8, 4) is 0 Å². The summed E-state index contributed by atoms with van der Waals surface area (Å²) in [4.78, 5) is 1.26. The van der Waals surface area contributed by atoms with Gasteiger partial charge in [0, 0.05) is 22.9 Å². The number of ether oxygens (including phenoxy) is 1. The zero-order chi connectivity index (χ0) is 11.8. The lowest BCUT2D eigenvalue weighted by molar-refractivity contribution is 0.147. The zero-order valence-corrected chi connectivity index (χ0v) is 11.0. The first-order chi connectivity index (χ1) is 7.75. The van der Waals surface area contributed by atoms with E-state index in [1.165, 1.54) is 16.9 Å². The lowest BCUT2D eigenvalue weighted by Gasteiger charge is -2.08. The van der Waals surface area contributed by atoms with Crippen LogP contribution in [-0.2, 0) is 4.74 Å². The van der Waals surface area contributed by atoms with Crippen molar-refractivity contribution in [3.63, 3.8) is 0 Å². The van der Waals surface area contributed by atoms with Crippen LogP contribution in [0.4, 0.5) is 5.69 Å². The molecule has 1 aromatic rings. The van der Waals surface area contributed by atoms with E-state index < -0.39 is 0 Å². The van der Waals surface area contributed by atoms with Gasteiger partial charge in [0.25, 0.3) is 0 Å². The smallest absolute Gasteiger partial charge is 0.0560 e. The molecular formula is C13H21NOS. The largest absolute Gasteiger partial charge is 0.398 e. The number of unbranched alkanes of at least 4 members (excludes halogenated alkanes) is 1. The minimum Gasteiger partial charge on any atom is -0.398 e. The average molecular weight is 239 g/mol. The van der Waals surface area contributed by atoms with Crippen LogP contribution < -0.4 is 5.73 Å². The summed E-state index contributed by atoms with van der Waals surface area (Å²) in [7, 11) is 0. The molecule has 1 aromatic carbocycles. The lowest BCUT2D eigenvalue weighted by Crippen LogP contribution is -1.99. The number of nitrogens with two attached hydrogens (primary N) is 1. The second-order valence-corrected chi connectivity index (χ2v) is 4.92. The van der Waals surface area contributed by atoms with Crippen LogP contribution in [0.25, 0.3) is 0 Å². The second-order valence-electron chi connectivity index (χ2n) is 3.78. The Balaban J connectivity index is 2.24. The summed E-state index contributed by atoms with van der Waals surface area (Å²) in [6.45, 7) is 5.94. The molecule has 0 saturated heterocycles. The Morgan fingerprint density at radius 1 is 1.31 bits per heavy atom. The van der Waals surface area contributed by atoms with Crippen molar-refractivity contribution in [3.05, 3.63) is 23.8 Å². The average Bonchev–Trinajstić information content (AvgIpc) is 2.29. The number of hydrogen-bond acceptors (Lipinski definition) is 3. The molecule has 0 saturated carbocycles. The maximum atomic E-state index is 5.85. The highest BCUT2D eigenvalue weighted by molar-refractivity contribution is 7.99. The normalized spacial score (nSPS) is 10.6. The van der Waals surface area contributed by atoms with Crippen LogP contribution in [0.1, 0.15) is 25.3 Å². The molecule has 0 aliphatic heterocycles. The van der Waals surface area contributed by atoms with Gasteiger partial charge in [-0.05, 0) is 31.0 Å². The lowest BCUT2D eigenvalue weighted by atomic mass is 10.2. The van der Waals surface area contributed by atoms with Crippen molar-refractivity contribution < 1.29 is 4.74 Å². The molecule has 0 bridgehead atoms. The molecule has 0 spiro atoms.